The van der Waals surface area contributed by atoms with Crippen molar-refractivity contribution in [1.82, 2.24) is 0 Å². The van der Waals surface area contributed by atoms with E-state index in [1.807, 2.05) is 19.1 Å². The van der Waals surface area contributed by atoms with E-state index in [0.717, 1.165) is 6.42 Å². The number of carboxylic acid groups (broad SMARTS) is 1. The molecule has 0 aromatic carbocycles. The lowest BCUT2D eigenvalue weighted by atomic mass is 10.4. The predicted molar refractivity (Wildman–Crippen MR) is 37.9 cm³/mol. The van der Waals surface area contributed by atoms with Crippen molar-refractivity contribution in [2.24, 2.45) is 0 Å². The van der Waals surface area contributed by atoms with Gasteiger partial charge in [-0.15, -0.1) is 0 Å². The van der Waals surface area contributed by atoms with E-state index in [0.29, 0.717) is 6.61 Å². The molecule has 0 spiro atoms. The Kier molecular flexibility index (Phi) is 5.77. The average molecular weight is 144 g/mol. The molecule has 10 heavy (non-hydrogen) atoms. The lowest BCUT2D eigenvalue weighted by Crippen LogP contribution is -2.06. The summed E-state index contributed by atoms with van der Waals surface area (Å²) in [4.78, 5) is 9.88. The van der Waals surface area contributed by atoms with E-state index >= 15 is 0 Å². The molecular formula is C7H12O3. The first-order valence-corrected chi connectivity index (χ1v) is 3.22. The quantitative estimate of drug-likeness (QED) is 0.463. The molecular weight excluding hydrogens is 132 g/mol. The molecule has 0 saturated carbocycles. The summed E-state index contributed by atoms with van der Waals surface area (Å²) in [5.74, 6) is -0.926. The first-order valence-electron chi connectivity index (χ1n) is 3.22. The fourth-order valence-corrected chi connectivity index (χ4v) is 0.449. The lowest BCUT2D eigenvalue weighted by molar-refractivity contribution is -0.141. The first kappa shape index (κ1) is 9.17. The van der Waals surface area contributed by atoms with Crippen molar-refractivity contribution < 1.29 is 14.6 Å². The van der Waals surface area contributed by atoms with Crippen molar-refractivity contribution in [3.63, 3.8) is 0 Å². The number of rotatable bonds is 5. The second kappa shape index (κ2) is 6.29. The summed E-state index contributed by atoms with van der Waals surface area (Å²) in [5.41, 5.74) is 0. The van der Waals surface area contributed by atoms with E-state index in [2.05, 4.69) is 0 Å². The average Bonchev–Trinajstić information content (AvgIpc) is 1.87. The molecule has 3 nitrogen and oxygen atoms in total. The molecule has 0 aliphatic rings. The molecule has 0 radical (unpaired) electrons. The summed E-state index contributed by atoms with van der Waals surface area (Å²) >= 11 is 0. The third-order valence-electron chi connectivity index (χ3n) is 0.842. The Morgan fingerprint density at radius 3 is 2.80 bits per heavy atom. The van der Waals surface area contributed by atoms with E-state index < -0.39 is 5.97 Å². The maximum atomic E-state index is 9.88. The zero-order valence-corrected chi connectivity index (χ0v) is 6.04. The van der Waals surface area contributed by atoms with Gasteiger partial charge in [0.1, 0.15) is 6.61 Å². The number of carboxylic acids is 1. The second-order valence-electron chi connectivity index (χ2n) is 1.79. The Bertz CT molecular complexity index is 118. The van der Waals surface area contributed by atoms with Crippen LogP contribution in [0.5, 0.6) is 0 Å². The van der Waals surface area contributed by atoms with Crippen LogP contribution in [0.2, 0.25) is 0 Å². The van der Waals surface area contributed by atoms with Crippen LogP contribution in [-0.4, -0.2) is 24.3 Å². The third-order valence-corrected chi connectivity index (χ3v) is 0.842. The van der Waals surface area contributed by atoms with Gasteiger partial charge >= 0.3 is 5.97 Å². The molecule has 0 aliphatic carbocycles. The number of allylic oxidation sites excluding steroid dienone is 1. The summed E-state index contributed by atoms with van der Waals surface area (Å²) in [5, 5.41) is 8.12. The van der Waals surface area contributed by atoms with Crippen molar-refractivity contribution in [3.05, 3.63) is 12.2 Å². The van der Waals surface area contributed by atoms with Crippen LogP contribution in [0, 0.1) is 0 Å². The smallest absolute Gasteiger partial charge is 0.329 e. The minimum absolute atomic E-state index is 0.214. The molecule has 0 aromatic heterocycles. The summed E-state index contributed by atoms with van der Waals surface area (Å²) in [6.45, 7) is 2.18. The van der Waals surface area contributed by atoms with Gasteiger partial charge in [-0.2, -0.15) is 0 Å². The Labute approximate surface area is 60.3 Å². The highest BCUT2D eigenvalue weighted by atomic mass is 16.5. The Morgan fingerprint density at radius 2 is 2.30 bits per heavy atom. The fraction of sp³-hybridized carbons (Fsp3) is 0.571. The summed E-state index contributed by atoms with van der Waals surface area (Å²) in [7, 11) is 0. The molecule has 0 heterocycles. The molecule has 0 amide bonds. The summed E-state index contributed by atoms with van der Waals surface area (Å²) < 4.78 is 4.71. The molecule has 0 rings (SSSR count). The maximum absolute atomic E-state index is 9.88. The van der Waals surface area contributed by atoms with Crippen LogP contribution in [0.15, 0.2) is 12.2 Å². The van der Waals surface area contributed by atoms with E-state index in [4.69, 9.17) is 9.84 Å². The number of ether oxygens (including phenoxy) is 1. The first-order chi connectivity index (χ1) is 4.77. The van der Waals surface area contributed by atoms with Crippen molar-refractivity contribution in [3.8, 4) is 0 Å². The van der Waals surface area contributed by atoms with Crippen molar-refractivity contribution in [2.75, 3.05) is 13.2 Å². The van der Waals surface area contributed by atoms with Gasteiger partial charge in [0.05, 0.1) is 6.61 Å². The van der Waals surface area contributed by atoms with Crippen LogP contribution < -0.4 is 0 Å². The standard InChI is InChI=1S/C7H12O3/c1-2-3-4-5-10-6-7(8)9/h3-4H,2,5-6H2,1H3,(H,8,9). The van der Waals surface area contributed by atoms with Crippen molar-refractivity contribution in [1.29, 1.82) is 0 Å². The van der Waals surface area contributed by atoms with Crippen LogP contribution in [0.4, 0.5) is 0 Å². The molecule has 0 atom stereocenters. The van der Waals surface area contributed by atoms with Gasteiger partial charge in [-0.05, 0) is 6.42 Å². The molecule has 0 bridgehead atoms. The van der Waals surface area contributed by atoms with Gasteiger partial charge in [0.25, 0.3) is 0 Å². The topological polar surface area (TPSA) is 46.5 Å². The van der Waals surface area contributed by atoms with Gasteiger partial charge in [0.2, 0.25) is 0 Å². The van der Waals surface area contributed by atoms with E-state index in [1.165, 1.54) is 0 Å². The molecule has 0 unspecified atom stereocenters. The van der Waals surface area contributed by atoms with Crippen LogP contribution in [-0.2, 0) is 9.53 Å². The van der Waals surface area contributed by atoms with Gasteiger partial charge in [-0.3, -0.25) is 0 Å². The summed E-state index contributed by atoms with van der Waals surface area (Å²) in [6, 6.07) is 0. The molecule has 3 heteroatoms. The largest absolute Gasteiger partial charge is 0.480 e. The number of hydrogen-bond donors (Lipinski definition) is 1. The van der Waals surface area contributed by atoms with Crippen LogP contribution in [0.1, 0.15) is 13.3 Å². The van der Waals surface area contributed by atoms with Crippen LogP contribution in [0.3, 0.4) is 0 Å². The number of aliphatic carboxylic acids is 1. The minimum Gasteiger partial charge on any atom is -0.480 e. The normalized spacial score (nSPS) is 10.5. The Hall–Kier alpha value is -0.830. The monoisotopic (exact) mass is 144 g/mol. The van der Waals surface area contributed by atoms with Crippen LogP contribution in [0.25, 0.3) is 0 Å². The molecule has 58 valence electrons. The SMILES string of the molecule is CCC=CCOCC(=O)O. The maximum Gasteiger partial charge on any atom is 0.329 e. The number of hydrogen-bond acceptors (Lipinski definition) is 2. The Morgan fingerprint density at radius 1 is 1.60 bits per heavy atom. The predicted octanol–water partition coefficient (Wildman–Crippen LogP) is 1.05. The van der Waals surface area contributed by atoms with Crippen molar-refractivity contribution in [2.45, 2.75) is 13.3 Å². The zero-order chi connectivity index (χ0) is 7.82. The van der Waals surface area contributed by atoms with E-state index in [1.54, 1.807) is 0 Å². The van der Waals surface area contributed by atoms with Crippen molar-refractivity contribution >= 4 is 5.97 Å². The third kappa shape index (κ3) is 7.17. The van der Waals surface area contributed by atoms with E-state index in [9.17, 15) is 4.79 Å². The highest BCUT2D eigenvalue weighted by molar-refractivity contribution is 5.67. The van der Waals surface area contributed by atoms with Gasteiger partial charge in [-0.25, -0.2) is 4.79 Å². The van der Waals surface area contributed by atoms with E-state index in [-0.39, 0.29) is 6.61 Å². The molecule has 1 N–H and O–H groups in total. The lowest BCUT2D eigenvalue weighted by Gasteiger charge is -1.93. The molecule has 0 fully saturated rings. The van der Waals surface area contributed by atoms with Gasteiger partial charge in [0, 0.05) is 0 Å². The highest BCUT2D eigenvalue weighted by Gasteiger charge is 1.91. The molecule has 0 saturated heterocycles. The molecule has 0 aliphatic heterocycles. The Balaban J connectivity index is 3.05. The van der Waals surface area contributed by atoms with Gasteiger partial charge < -0.3 is 9.84 Å². The van der Waals surface area contributed by atoms with Crippen LogP contribution >= 0.6 is 0 Å². The number of carbonyl (C=O) groups is 1. The molecule has 0 aromatic rings. The summed E-state index contributed by atoms with van der Waals surface area (Å²) in [6.07, 6.45) is 4.70. The minimum atomic E-state index is -0.926. The van der Waals surface area contributed by atoms with Gasteiger partial charge in [-0.1, -0.05) is 19.1 Å². The second-order valence-corrected chi connectivity index (χ2v) is 1.79. The highest BCUT2D eigenvalue weighted by Crippen LogP contribution is 1.81. The van der Waals surface area contributed by atoms with Gasteiger partial charge in [0.15, 0.2) is 0 Å². The zero-order valence-electron chi connectivity index (χ0n) is 6.04. The fourth-order valence-electron chi connectivity index (χ4n) is 0.449.